The van der Waals surface area contributed by atoms with Crippen LogP contribution in [-0.2, 0) is 11.3 Å². The number of aryl methyl sites for hydroxylation is 1. The Morgan fingerprint density at radius 1 is 1.39 bits per heavy atom. The predicted octanol–water partition coefficient (Wildman–Crippen LogP) is 2.79. The van der Waals surface area contributed by atoms with Gasteiger partial charge in [-0.05, 0) is 37.6 Å². The summed E-state index contributed by atoms with van der Waals surface area (Å²) in [5, 5.41) is 7.63. The number of aromatic nitrogens is 2. The fraction of sp³-hybridized carbons (Fsp3) is 0.231. The van der Waals surface area contributed by atoms with E-state index in [2.05, 4.69) is 10.4 Å². The van der Waals surface area contributed by atoms with Gasteiger partial charge in [-0.25, -0.2) is 0 Å². The molecule has 0 aliphatic heterocycles. The number of anilines is 1. The Balaban J connectivity index is 2.05. The summed E-state index contributed by atoms with van der Waals surface area (Å²) in [5.41, 5.74) is 2.49. The molecule has 0 bridgehead atoms. The maximum atomic E-state index is 11.8. The third-order valence-electron chi connectivity index (χ3n) is 2.62. The van der Waals surface area contributed by atoms with Crippen molar-refractivity contribution in [1.29, 1.82) is 0 Å². The normalized spacial score (nSPS) is 10.4. The summed E-state index contributed by atoms with van der Waals surface area (Å²) in [6, 6.07) is 7.29. The van der Waals surface area contributed by atoms with Gasteiger partial charge in [-0.1, -0.05) is 17.7 Å². The zero-order chi connectivity index (χ0) is 13.1. The van der Waals surface area contributed by atoms with E-state index in [0.717, 1.165) is 16.9 Å². The molecule has 18 heavy (non-hydrogen) atoms. The molecule has 2 rings (SSSR count). The molecule has 5 heteroatoms. The van der Waals surface area contributed by atoms with Crippen molar-refractivity contribution in [3.8, 4) is 0 Å². The van der Waals surface area contributed by atoms with E-state index in [1.165, 1.54) is 0 Å². The minimum atomic E-state index is -0.122. The Morgan fingerprint density at radius 3 is 2.83 bits per heavy atom. The molecule has 2 aromatic rings. The fourth-order valence-corrected chi connectivity index (χ4v) is 1.81. The van der Waals surface area contributed by atoms with Crippen molar-refractivity contribution in [2.45, 2.75) is 20.4 Å². The summed E-state index contributed by atoms with van der Waals surface area (Å²) in [7, 11) is 0. The molecule has 94 valence electrons. The van der Waals surface area contributed by atoms with Crippen LogP contribution >= 0.6 is 11.6 Å². The Labute approximate surface area is 111 Å². The van der Waals surface area contributed by atoms with Crippen LogP contribution in [0, 0.1) is 13.8 Å². The molecule has 0 fully saturated rings. The van der Waals surface area contributed by atoms with Gasteiger partial charge < -0.3 is 5.32 Å². The van der Waals surface area contributed by atoms with Crippen molar-refractivity contribution in [3.63, 3.8) is 0 Å². The van der Waals surface area contributed by atoms with Crippen LogP contribution in [0.4, 0.5) is 5.69 Å². The maximum absolute atomic E-state index is 11.8. The van der Waals surface area contributed by atoms with Gasteiger partial charge >= 0.3 is 0 Å². The topological polar surface area (TPSA) is 46.9 Å². The highest BCUT2D eigenvalue weighted by molar-refractivity contribution is 6.31. The van der Waals surface area contributed by atoms with Gasteiger partial charge in [-0.2, -0.15) is 5.10 Å². The van der Waals surface area contributed by atoms with Crippen LogP contribution < -0.4 is 5.32 Å². The van der Waals surface area contributed by atoms with Gasteiger partial charge in [0, 0.05) is 16.9 Å². The Kier molecular flexibility index (Phi) is 3.67. The van der Waals surface area contributed by atoms with Crippen LogP contribution in [0.3, 0.4) is 0 Å². The molecule has 0 radical (unpaired) electrons. The van der Waals surface area contributed by atoms with Crippen LogP contribution in [0.15, 0.2) is 30.5 Å². The van der Waals surface area contributed by atoms with Gasteiger partial charge in [-0.3, -0.25) is 9.48 Å². The van der Waals surface area contributed by atoms with Crippen molar-refractivity contribution in [1.82, 2.24) is 9.78 Å². The van der Waals surface area contributed by atoms with Gasteiger partial charge in [0.15, 0.2) is 0 Å². The number of halogens is 1. The van der Waals surface area contributed by atoms with Crippen LogP contribution in [0.1, 0.15) is 11.3 Å². The highest BCUT2D eigenvalue weighted by Crippen LogP contribution is 2.22. The number of hydrogen-bond acceptors (Lipinski definition) is 2. The van der Waals surface area contributed by atoms with Crippen LogP contribution in [0.5, 0.6) is 0 Å². The summed E-state index contributed by atoms with van der Waals surface area (Å²) < 4.78 is 1.60. The molecule has 1 heterocycles. The van der Waals surface area contributed by atoms with Crippen LogP contribution in [0.25, 0.3) is 0 Å². The molecule has 0 saturated carbocycles. The van der Waals surface area contributed by atoms with Gasteiger partial charge in [-0.15, -0.1) is 0 Å². The highest BCUT2D eigenvalue weighted by atomic mass is 35.5. The van der Waals surface area contributed by atoms with E-state index in [1.807, 2.05) is 32.0 Å². The second-order valence-electron chi connectivity index (χ2n) is 4.12. The van der Waals surface area contributed by atoms with E-state index < -0.39 is 0 Å². The number of carbonyl (C=O) groups excluding carboxylic acids is 1. The third-order valence-corrected chi connectivity index (χ3v) is 3.03. The molecule has 4 nitrogen and oxygen atoms in total. The molecular formula is C13H14ClN3O. The molecule has 0 atom stereocenters. The van der Waals surface area contributed by atoms with Crippen LogP contribution in [-0.4, -0.2) is 15.7 Å². The molecule has 0 aliphatic rings. The number of nitrogens with one attached hydrogen (secondary N) is 1. The minimum absolute atomic E-state index is 0.122. The zero-order valence-corrected chi connectivity index (χ0v) is 11.0. The van der Waals surface area contributed by atoms with Gasteiger partial charge in [0.25, 0.3) is 0 Å². The fourth-order valence-electron chi connectivity index (χ4n) is 1.63. The van der Waals surface area contributed by atoms with E-state index in [0.29, 0.717) is 5.02 Å². The molecule has 1 aromatic heterocycles. The first-order valence-corrected chi connectivity index (χ1v) is 5.99. The molecule has 1 aromatic carbocycles. The first-order chi connectivity index (χ1) is 8.56. The lowest BCUT2D eigenvalue weighted by atomic mass is 10.2. The van der Waals surface area contributed by atoms with Crippen molar-refractivity contribution in [2.75, 3.05) is 5.32 Å². The molecule has 1 amide bonds. The Bertz CT molecular complexity index is 577. The van der Waals surface area contributed by atoms with Gasteiger partial charge in [0.05, 0.1) is 5.69 Å². The smallest absolute Gasteiger partial charge is 0.246 e. The maximum Gasteiger partial charge on any atom is 0.246 e. The average Bonchev–Trinajstić information content (AvgIpc) is 2.70. The Hall–Kier alpha value is -1.81. The standard InChI is InChI=1S/C13H14ClN3O/c1-9-6-7-17(16-9)8-13(18)15-12-5-3-4-11(14)10(12)2/h3-7H,8H2,1-2H3,(H,15,18). The second kappa shape index (κ2) is 5.23. The number of nitrogens with zero attached hydrogens (tertiary/aromatic N) is 2. The highest BCUT2D eigenvalue weighted by Gasteiger charge is 2.07. The monoisotopic (exact) mass is 263 g/mol. The van der Waals surface area contributed by atoms with E-state index in [1.54, 1.807) is 16.9 Å². The number of rotatable bonds is 3. The lowest BCUT2D eigenvalue weighted by Gasteiger charge is -2.09. The second-order valence-corrected chi connectivity index (χ2v) is 4.52. The predicted molar refractivity (Wildman–Crippen MR) is 71.8 cm³/mol. The summed E-state index contributed by atoms with van der Waals surface area (Å²) in [4.78, 5) is 11.8. The first-order valence-electron chi connectivity index (χ1n) is 5.61. The number of benzene rings is 1. The Morgan fingerprint density at radius 2 is 2.17 bits per heavy atom. The van der Waals surface area contributed by atoms with Gasteiger partial charge in [0.1, 0.15) is 6.54 Å². The summed E-state index contributed by atoms with van der Waals surface area (Å²) in [6.45, 7) is 3.95. The molecule has 1 N–H and O–H groups in total. The van der Waals surface area contributed by atoms with Crippen molar-refractivity contribution in [2.24, 2.45) is 0 Å². The largest absolute Gasteiger partial charge is 0.324 e. The molecule has 0 unspecified atom stereocenters. The number of carbonyl (C=O) groups is 1. The molecule has 0 saturated heterocycles. The van der Waals surface area contributed by atoms with Crippen molar-refractivity contribution < 1.29 is 4.79 Å². The number of hydrogen-bond donors (Lipinski definition) is 1. The zero-order valence-electron chi connectivity index (χ0n) is 10.3. The van der Waals surface area contributed by atoms with Crippen molar-refractivity contribution >= 4 is 23.2 Å². The summed E-state index contributed by atoms with van der Waals surface area (Å²) in [5.74, 6) is -0.122. The SMILES string of the molecule is Cc1ccn(CC(=O)Nc2cccc(Cl)c2C)n1. The lowest BCUT2D eigenvalue weighted by molar-refractivity contribution is -0.116. The average molecular weight is 264 g/mol. The van der Waals surface area contributed by atoms with Gasteiger partial charge in [0.2, 0.25) is 5.91 Å². The minimum Gasteiger partial charge on any atom is -0.324 e. The third kappa shape index (κ3) is 2.90. The van der Waals surface area contributed by atoms with Crippen LogP contribution in [0.2, 0.25) is 5.02 Å². The lowest BCUT2D eigenvalue weighted by Crippen LogP contribution is -2.19. The number of amides is 1. The quantitative estimate of drug-likeness (QED) is 0.926. The first kappa shape index (κ1) is 12.6. The molecule has 0 spiro atoms. The summed E-state index contributed by atoms with van der Waals surface area (Å²) >= 11 is 5.99. The molecular weight excluding hydrogens is 250 g/mol. The van der Waals surface area contributed by atoms with E-state index in [-0.39, 0.29) is 12.5 Å². The molecule has 0 aliphatic carbocycles. The van der Waals surface area contributed by atoms with Crippen molar-refractivity contribution in [3.05, 3.63) is 46.7 Å². The van der Waals surface area contributed by atoms with E-state index in [9.17, 15) is 4.79 Å². The van der Waals surface area contributed by atoms with E-state index >= 15 is 0 Å². The summed E-state index contributed by atoms with van der Waals surface area (Å²) in [6.07, 6.45) is 1.78. The van der Waals surface area contributed by atoms with E-state index in [4.69, 9.17) is 11.6 Å².